The van der Waals surface area contributed by atoms with E-state index in [9.17, 15) is 4.57 Å². The van der Waals surface area contributed by atoms with Crippen LogP contribution in [-0.2, 0) is 9.09 Å². The molecular weight excluding hydrogens is 158 g/mol. The molecule has 0 heterocycles. The molecule has 1 saturated carbocycles. The maximum absolute atomic E-state index is 9.95. The van der Waals surface area contributed by atoms with Crippen molar-refractivity contribution < 1.29 is 9.09 Å². The molecule has 0 unspecified atom stereocenters. The van der Waals surface area contributed by atoms with E-state index in [2.05, 4.69) is 0 Å². The third kappa shape index (κ3) is 4.05. The van der Waals surface area contributed by atoms with Crippen LogP contribution >= 0.6 is 8.69 Å². The van der Waals surface area contributed by atoms with Crippen LogP contribution < -0.4 is 0 Å². The molecule has 0 aliphatic heterocycles. The van der Waals surface area contributed by atoms with E-state index in [4.69, 9.17) is 4.52 Å². The third-order valence-electron chi connectivity index (χ3n) is 1.74. The van der Waals surface area contributed by atoms with Crippen molar-refractivity contribution in [3.05, 3.63) is 0 Å². The van der Waals surface area contributed by atoms with Gasteiger partial charge >= 0.3 is 38.2 Å². The second-order valence-corrected chi connectivity index (χ2v) is 2.80. The molecule has 0 aromatic rings. The van der Waals surface area contributed by atoms with Gasteiger partial charge in [0.15, 0.2) is 0 Å². The molecule has 0 spiro atoms. The predicted octanol–water partition coefficient (Wildman–Crippen LogP) is 1.89. The van der Waals surface area contributed by atoms with E-state index in [1.807, 2.05) is 0 Å². The summed E-state index contributed by atoms with van der Waals surface area (Å²) in [6.07, 6.45) is 6.25. The average molecular weight is 170 g/mol. The fourth-order valence-corrected chi connectivity index (χ4v) is 1.56. The van der Waals surface area contributed by atoms with Gasteiger partial charge in [0, 0.05) is 0 Å². The Bertz CT molecular complexity index is 93.7. The molecule has 1 aliphatic rings. The SMILES string of the molecule is O=POC1CCCCC1.[NaH]. The molecule has 0 N–H and O–H groups in total. The summed E-state index contributed by atoms with van der Waals surface area (Å²) in [5.74, 6) is 0. The van der Waals surface area contributed by atoms with Crippen LogP contribution in [0.5, 0.6) is 0 Å². The van der Waals surface area contributed by atoms with Crippen LogP contribution in [0, 0.1) is 0 Å². The molecule has 2 nitrogen and oxygen atoms in total. The first-order chi connectivity index (χ1) is 4.43. The molecule has 1 aliphatic carbocycles. The molecule has 10 heavy (non-hydrogen) atoms. The van der Waals surface area contributed by atoms with Gasteiger partial charge in [0.25, 0.3) is 0 Å². The van der Waals surface area contributed by atoms with Crippen LogP contribution in [-0.4, -0.2) is 35.7 Å². The summed E-state index contributed by atoms with van der Waals surface area (Å²) in [7, 11) is -0.152. The summed E-state index contributed by atoms with van der Waals surface area (Å²) in [6.45, 7) is 0. The Balaban J connectivity index is 0.000000810. The van der Waals surface area contributed by atoms with Gasteiger partial charge in [0.2, 0.25) is 0 Å². The van der Waals surface area contributed by atoms with Crippen LogP contribution in [0.3, 0.4) is 0 Å². The van der Waals surface area contributed by atoms with Crippen LogP contribution in [0.2, 0.25) is 0 Å². The number of hydrogen-bond donors (Lipinski definition) is 0. The fourth-order valence-electron chi connectivity index (χ4n) is 1.23. The number of hydrogen-bond acceptors (Lipinski definition) is 2. The van der Waals surface area contributed by atoms with E-state index in [0.29, 0.717) is 0 Å². The topological polar surface area (TPSA) is 26.3 Å². The predicted molar refractivity (Wildman–Crippen MR) is 42.7 cm³/mol. The molecule has 1 rings (SSSR count). The van der Waals surface area contributed by atoms with E-state index in [1.165, 1.54) is 19.3 Å². The molecule has 0 radical (unpaired) electrons. The van der Waals surface area contributed by atoms with E-state index >= 15 is 0 Å². The van der Waals surface area contributed by atoms with Gasteiger partial charge in [-0.2, -0.15) is 0 Å². The molecule has 4 heteroatoms. The molecule has 0 atom stereocenters. The van der Waals surface area contributed by atoms with Crippen molar-refractivity contribution in [2.24, 2.45) is 0 Å². The van der Waals surface area contributed by atoms with Crippen molar-refractivity contribution in [1.82, 2.24) is 0 Å². The van der Waals surface area contributed by atoms with Crippen LogP contribution in [0.1, 0.15) is 32.1 Å². The van der Waals surface area contributed by atoms with Gasteiger partial charge in [-0.3, -0.25) is 4.52 Å². The van der Waals surface area contributed by atoms with Gasteiger partial charge in [-0.05, 0) is 12.8 Å². The maximum atomic E-state index is 9.95. The summed E-state index contributed by atoms with van der Waals surface area (Å²) in [6, 6.07) is 0. The van der Waals surface area contributed by atoms with Gasteiger partial charge in [-0.25, -0.2) is 4.57 Å². The average Bonchev–Trinajstić information content (AvgIpc) is 1.91. The summed E-state index contributed by atoms with van der Waals surface area (Å²) < 4.78 is 14.8. The monoisotopic (exact) mass is 170 g/mol. The first-order valence-corrected chi connectivity index (χ1v) is 4.15. The van der Waals surface area contributed by atoms with Gasteiger partial charge in [0.1, 0.15) is 0 Å². The fraction of sp³-hybridized carbons (Fsp3) is 1.00. The minimum atomic E-state index is -0.152. The summed E-state index contributed by atoms with van der Waals surface area (Å²) >= 11 is 0. The van der Waals surface area contributed by atoms with Gasteiger partial charge in [0.05, 0.1) is 6.10 Å². The molecule has 0 amide bonds. The van der Waals surface area contributed by atoms with Crippen molar-refractivity contribution in [3.8, 4) is 0 Å². The molecule has 0 bridgehead atoms. The number of rotatable bonds is 2. The Kier molecular flexibility index (Phi) is 7.47. The van der Waals surface area contributed by atoms with Crippen molar-refractivity contribution in [1.29, 1.82) is 0 Å². The molecular formula is C6H12NaO2P. The Morgan fingerprint density at radius 1 is 1.20 bits per heavy atom. The summed E-state index contributed by atoms with van der Waals surface area (Å²) in [5.41, 5.74) is 0. The van der Waals surface area contributed by atoms with E-state index in [0.717, 1.165) is 12.8 Å². The first-order valence-electron chi connectivity index (χ1n) is 3.42. The van der Waals surface area contributed by atoms with Crippen molar-refractivity contribution in [3.63, 3.8) is 0 Å². The van der Waals surface area contributed by atoms with E-state index < -0.39 is 0 Å². The normalized spacial score (nSPS) is 20.4. The van der Waals surface area contributed by atoms with Crippen molar-refractivity contribution >= 4 is 38.2 Å². The molecule has 0 saturated heterocycles. The minimum absolute atomic E-state index is 0. The van der Waals surface area contributed by atoms with Gasteiger partial charge in [-0.15, -0.1) is 0 Å². The Morgan fingerprint density at radius 2 is 1.80 bits per heavy atom. The van der Waals surface area contributed by atoms with Crippen LogP contribution in [0.15, 0.2) is 0 Å². The molecule has 1 fully saturated rings. The zero-order chi connectivity index (χ0) is 6.53. The Hall–Kier alpha value is 1.06. The van der Waals surface area contributed by atoms with Gasteiger partial charge < -0.3 is 0 Å². The first kappa shape index (κ1) is 11.1. The van der Waals surface area contributed by atoms with E-state index in [-0.39, 0.29) is 44.3 Å². The van der Waals surface area contributed by atoms with Crippen molar-refractivity contribution in [2.45, 2.75) is 38.2 Å². The van der Waals surface area contributed by atoms with E-state index in [1.54, 1.807) is 0 Å². The van der Waals surface area contributed by atoms with Gasteiger partial charge in [-0.1, -0.05) is 19.3 Å². The van der Waals surface area contributed by atoms with Crippen LogP contribution in [0.4, 0.5) is 0 Å². The molecule has 0 aromatic heterocycles. The third-order valence-corrected chi connectivity index (χ3v) is 2.13. The summed E-state index contributed by atoms with van der Waals surface area (Å²) in [5, 5.41) is 0. The second-order valence-electron chi connectivity index (χ2n) is 2.44. The molecule has 54 valence electrons. The second kappa shape index (κ2) is 6.75. The summed E-state index contributed by atoms with van der Waals surface area (Å²) in [4.78, 5) is 0. The Labute approximate surface area is 85.3 Å². The Morgan fingerprint density at radius 3 is 2.30 bits per heavy atom. The molecule has 0 aromatic carbocycles. The zero-order valence-corrected chi connectivity index (χ0v) is 6.27. The standard InChI is InChI=1S/C6H11O2P.Na.H/c7-9-8-6-4-2-1-3-5-6;;/h6H,1-5H2;;. The van der Waals surface area contributed by atoms with Crippen molar-refractivity contribution in [2.75, 3.05) is 0 Å². The zero-order valence-electron chi connectivity index (χ0n) is 5.38. The van der Waals surface area contributed by atoms with Crippen LogP contribution in [0.25, 0.3) is 0 Å². The quantitative estimate of drug-likeness (QED) is 0.467.